The Morgan fingerprint density at radius 3 is 2.90 bits per heavy atom. The molecule has 1 nitrogen and oxygen atoms in total. The van der Waals surface area contributed by atoms with Crippen LogP contribution in [-0.2, 0) is 4.79 Å². The summed E-state index contributed by atoms with van der Waals surface area (Å²) >= 11 is 0. The van der Waals surface area contributed by atoms with Crippen molar-refractivity contribution in [2.75, 3.05) is 0 Å². The van der Waals surface area contributed by atoms with E-state index in [0.29, 0.717) is 0 Å². The van der Waals surface area contributed by atoms with Gasteiger partial charge in [0, 0.05) is 6.42 Å². The van der Waals surface area contributed by atoms with Gasteiger partial charge in [-0.05, 0) is 25.8 Å². The monoisotopic (exact) mass is 136 g/mol. The Morgan fingerprint density at radius 1 is 1.70 bits per heavy atom. The van der Waals surface area contributed by atoms with Crippen LogP contribution in [0.3, 0.4) is 0 Å². The molecule has 0 aliphatic carbocycles. The molecule has 0 spiro atoms. The van der Waals surface area contributed by atoms with Crippen molar-refractivity contribution in [3.63, 3.8) is 0 Å². The predicted octanol–water partition coefficient (Wildman–Crippen LogP) is 1.94. The molecule has 0 aliphatic rings. The van der Waals surface area contributed by atoms with E-state index in [2.05, 4.69) is 5.92 Å². The van der Waals surface area contributed by atoms with Crippen LogP contribution in [0.4, 0.5) is 0 Å². The third kappa shape index (κ3) is 5.11. The van der Waals surface area contributed by atoms with Gasteiger partial charge in [-0.2, -0.15) is 0 Å². The van der Waals surface area contributed by atoms with E-state index in [1.165, 1.54) is 0 Å². The highest BCUT2D eigenvalue weighted by atomic mass is 16.1. The van der Waals surface area contributed by atoms with Crippen LogP contribution in [0.2, 0.25) is 0 Å². The van der Waals surface area contributed by atoms with Gasteiger partial charge in [0.25, 0.3) is 0 Å². The molecule has 0 unspecified atom stereocenters. The van der Waals surface area contributed by atoms with Gasteiger partial charge in [0.05, 0.1) is 0 Å². The van der Waals surface area contributed by atoms with E-state index in [-0.39, 0.29) is 0 Å². The second-order valence-electron chi connectivity index (χ2n) is 2.21. The molecule has 0 fully saturated rings. The molecular weight excluding hydrogens is 124 g/mol. The lowest BCUT2D eigenvalue weighted by Gasteiger charge is -1.93. The summed E-state index contributed by atoms with van der Waals surface area (Å²) in [4.78, 5) is 9.93. The van der Waals surface area contributed by atoms with Gasteiger partial charge in [0.1, 0.15) is 6.29 Å². The fourth-order valence-corrected chi connectivity index (χ4v) is 0.669. The molecule has 0 radical (unpaired) electrons. The lowest BCUT2D eigenvalue weighted by atomic mass is 10.1. The predicted molar refractivity (Wildman–Crippen MR) is 42.5 cm³/mol. The van der Waals surface area contributed by atoms with Crippen LogP contribution >= 0.6 is 0 Å². The number of terminal acetylenes is 1. The van der Waals surface area contributed by atoms with Gasteiger partial charge < -0.3 is 0 Å². The Morgan fingerprint density at radius 2 is 2.40 bits per heavy atom. The summed E-state index contributed by atoms with van der Waals surface area (Å²) in [6, 6.07) is 0. The summed E-state index contributed by atoms with van der Waals surface area (Å²) in [5, 5.41) is 0. The first-order valence-corrected chi connectivity index (χ1v) is 3.35. The normalized spacial score (nSPS) is 10.6. The first-order valence-electron chi connectivity index (χ1n) is 3.35. The molecule has 0 bridgehead atoms. The van der Waals surface area contributed by atoms with Crippen LogP contribution in [0, 0.1) is 12.3 Å². The summed E-state index contributed by atoms with van der Waals surface area (Å²) in [5.41, 5.74) is 1.10. The highest BCUT2D eigenvalue weighted by Crippen LogP contribution is 2.03. The van der Waals surface area contributed by atoms with E-state index in [1.807, 2.05) is 6.92 Å². The fourth-order valence-electron chi connectivity index (χ4n) is 0.669. The molecule has 1 heteroatoms. The highest BCUT2D eigenvalue weighted by Gasteiger charge is 1.87. The van der Waals surface area contributed by atoms with Gasteiger partial charge in [-0.3, -0.25) is 4.79 Å². The van der Waals surface area contributed by atoms with Crippen molar-refractivity contribution in [1.82, 2.24) is 0 Å². The van der Waals surface area contributed by atoms with Gasteiger partial charge in [0.2, 0.25) is 0 Å². The van der Waals surface area contributed by atoms with Gasteiger partial charge >= 0.3 is 0 Å². The molecular formula is C9H12O. The fraction of sp³-hybridized carbons (Fsp3) is 0.444. The average molecular weight is 136 g/mol. The summed E-state index contributed by atoms with van der Waals surface area (Å²) in [7, 11) is 0. The molecule has 10 heavy (non-hydrogen) atoms. The molecule has 0 aromatic heterocycles. The highest BCUT2D eigenvalue weighted by molar-refractivity contribution is 5.65. The Labute approximate surface area is 62.1 Å². The lowest BCUT2D eigenvalue weighted by Crippen LogP contribution is -1.78. The van der Waals surface area contributed by atoms with E-state index in [0.717, 1.165) is 31.1 Å². The third-order valence-corrected chi connectivity index (χ3v) is 1.24. The van der Waals surface area contributed by atoms with Crippen LogP contribution in [-0.4, -0.2) is 6.29 Å². The molecule has 0 saturated heterocycles. The van der Waals surface area contributed by atoms with Crippen LogP contribution in [0.15, 0.2) is 11.6 Å². The number of aldehydes is 1. The zero-order chi connectivity index (χ0) is 7.82. The minimum absolute atomic E-state index is 0.796. The van der Waals surface area contributed by atoms with Gasteiger partial charge in [-0.25, -0.2) is 0 Å². The molecule has 0 amide bonds. The summed E-state index contributed by atoms with van der Waals surface area (Å²) in [6.07, 6.45) is 10.1. The van der Waals surface area contributed by atoms with Gasteiger partial charge in [0.15, 0.2) is 0 Å². The average Bonchev–Trinajstić information content (AvgIpc) is 1.89. The molecule has 0 atom stereocenters. The molecule has 0 saturated carbocycles. The van der Waals surface area contributed by atoms with E-state index in [1.54, 1.807) is 6.08 Å². The van der Waals surface area contributed by atoms with Crippen LogP contribution in [0.1, 0.15) is 26.2 Å². The molecule has 0 rings (SSSR count). The topological polar surface area (TPSA) is 17.1 Å². The second-order valence-corrected chi connectivity index (χ2v) is 2.21. The van der Waals surface area contributed by atoms with Crippen molar-refractivity contribution in [1.29, 1.82) is 0 Å². The number of hydrogen-bond acceptors (Lipinski definition) is 1. The molecule has 54 valence electrons. The van der Waals surface area contributed by atoms with Crippen LogP contribution < -0.4 is 0 Å². The van der Waals surface area contributed by atoms with Crippen LogP contribution in [0.25, 0.3) is 0 Å². The standard InChI is InChI=1S/C9H12O/c1-3-4-5-6-9(2)7-8-10/h1,7-8H,4-6H2,2H3/b9-7+. The maximum absolute atomic E-state index is 9.93. The molecule has 0 N–H and O–H groups in total. The Bertz CT molecular complexity index is 160. The summed E-state index contributed by atoms with van der Waals surface area (Å²) < 4.78 is 0. The van der Waals surface area contributed by atoms with E-state index in [9.17, 15) is 4.79 Å². The van der Waals surface area contributed by atoms with Crippen molar-refractivity contribution in [2.45, 2.75) is 26.2 Å². The number of allylic oxidation sites excluding steroid dienone is 2. The Kier molecular flexibility index (Phi) is 5.47. The second kappa shape index (κ2) is 6.10. The van der Waals surface area contributed by atoms with Gasteiger partial charge in [-0.1, -0.05) is 5.57 Å². The number of carbonyl (C=O) groups excluding carboxylic acids is 1. The number of carbonyl (C=O) groups is 1. The van der Waals surface area contributed by atoms with Crippen molar-refractivity contribution in [2.24, 2.45) is 0 Å². The van der Waals surface area contributed by atoms with Crippen molar-refractivity contribution in [3.05, 3.63) is 11.6 Å². The van der Waals surface area contributed by atoms with E-state index >= 15 is 0 Å². The maximum Gasteiger partial charge on any atom is 0.142 e. The largest absolute Gasteiger partial charge is 0.299 e. The first kappa shape index (κ1) is 8.97. The Balaban J connectivity index is 3.41. The van der Waals surface area contributed by atoms with Gasteiger partial charge in [-0.15, -0.1) is 12.3 Å². The van der Waals surface area contributed by atoms with Crippen LogP contribution in [0.5, 0.6) is 0 Å². The number of rotatable bonds is 4. The molecule has 0 heterocycles. The minimum atomic E-state index is 0.796. The molecule has 0 aromatic carbocycles. The first-order chi connectivity index (χ1) is 4.81. The minimum Gasteiger partial charge on any atom is -0.299 e. The smallest absolute Gasteiger partial charge is 0.142 e. The third-order valence-electron chi connectivity index (χ3n) is 1.24. The quantitative estimate of drug-likeness (QED) is 0.250. The molecule has 0 aliphatic heterocycles. The van der Waals surface area contributed by atoms with Crippen molar-refractivity contribution < 1.29 is 4.79 Å². The zero-order valence-electron chi connectivity index (χ0n) is 6.26. The lowest BCUT2D eigenvalue weighted by molar-refractivity contribution is -0.104. The number of unbranched alkanes of at least 4 members (excludes halogenated alkanes) is 1. The summed E-state index contributed by atoms with van der Waals surface area (Å²) in [5.74, 6) is 2.55. The summed E-state index contributed by atoms with van der Waals surface area (Å²) in [6.45, 7) is 1.94. The van der Waals surface area contributed by atoms with E-state index < -0.39 is 0 Å². The Hall–Kier alpha value is -1.03. The van der Waals surface area contributed by atoms with Crippen molar-refractivity contribution >= 4 is 6.29 Å². The zero-order valence-corrected chi connectivity index (χ0v) is 6.26. The molecule has 0 aromatic rings. The SMILES string of the molecule is C#CCCC/C(C)=C/C=O. The van der Waals surface area contributed by atoms with E-state index in [4.69, 9.17) is 6.42 Å². The number of hydrogen-bond donors (Lipinski definition) is 0. The van der Waals surface area contributed by atoms with Crippen molar-refractivity contribution in [3.8, 4) is 12.3 Å². The maximum atomic E-state index is 9.93.